The van der Waals surface area contributed by atoms with Crippen LogP contribution in [0.3, 0.4) is 0 Å². The highest BCUT2D eigenvalue weighted by molar-refractivity contribution is 5.76. The van der Waals surface area contributed by atoms with Crippen molar-refractivity contribution in [2.24, 2.45) is 0 Å². The molecule has 0 radical (unpaired) electrons. The van der Waals surface area contributed by atoms with Crippen LogP contribution in [0.5, 0.6) is 5.75 Å². The molecule has 0 aliphatic heterocycles. The molecule has 25 heavy (non-hydrogen) atoms. The van der Waals surface area contributed by atoms with Gasteiger partial charge in [0.2, 0.25) is 5.91 Å². The van der Waals surface area contributed by atoms with Gasteiger partial charge in [0.25, 0.3) is 0 Å². The molecule has 0 atom stereocenters. The maximum Gasteiger partial charge on any atom is 0.220 e. The highest BCUT2D eigenvalue weighted by atomic mass is 16.5. The van der Waals surface area contributed by atoms with Crippen LogP contribution < -0.4 is 10.1 Å². The van der Waals surface area contributed by atoms with Gasteiger partial charge >= 0.3 is 0 Å². The lowest BCUT2D eigenvalue weighted by molar-refractivity contribution is -0.121. The number of benzene rings is 1. The molecule has 0 fully saturated rings. The van der Waals surface area contributed by atoms with Crippen molar-refractivity contribution in [1.29, 1.82) is 0 Å². The first-order valence-electron chi connectivity index (χ1n) is 7.96. The molecule has 2 N–H and O–H groups in total. The van der Waals surface area contributed by atoms with Gasteiger partial charge in [-0.2, -0.15) is 5.10 Å². The second-order valence-corrected chi connectivity index (χ2v) is 5.47. The highest BCUT2D eigenvalue weighted by Crippen LogP contribution is 2.18. The number of ether oxygens (including phenoxy) is 1. The molecule has 1 amide bonds. The minimum atomic E-state index is -0.0359. The summed E-state index contributed by atoms with van der Waals surface area (Å²) < 4.78 is 5.13. The number of rotatable bonds is 7. The second kappa shape index (κ2) is 8.05. The van der Waals surface area contributed by atoms with E-state index in [0.29, 0.717) is 31.0 Å². The lowest BCUT2D eigenvalue weighted by Gasteiger charge is -2.03. The van der Waals surface area contributed by atoms with Crippen molar-refractivity contribution in [2.45, 2.75) is 19.4 Å². The zero-order chi connectivity index (χ0) is 17.5. The number of amides is 1. The Morgan fingerprint density at radius 3 is 2.80 bits per heavy atom. The lowest BCUT2D eigenvalue weighted by atomic mass is 10.1. The van der Waals surface area contributed by atoms with Crippen molar-refractivity contribution in [1.82, 2.24) is 25.5 Å². The number of carbonyl (C=O) groups excluding carboxylic acids is 1. The number of aryl methyl sites for hydroxylation is 1. The third-order valence-corrected chi connectivity index (χ3v) is 3.70. The highest BCUT2D eigenvalue weighted by Gasteiger charge is 2.08. The molecule has 128 valence electrons. The van der Waals surface area contributed by atoms with E-state index in [-0.39, 0.29) is 5.91 Å². The molecule has 0 spiro atoms. The fourth-order valence-electron chi connectivity index (χ4n) is 2.32. The van der Waals surface area contributed by atoms with E-state index in [1.54, 1.807) is 19.5 Å². The maximum atomic E-state index is 11.9. The standard InChI is InChI=1S/C18H19N5O2/c1-25-15-7-5-14(6-8-15)18-21-16(22-23-18)12-20-17(24)9-4-13-3-2-10-19-11-13/h2-3,5-8,10-11H,4,9,12H2,1H3,(H,20,24)(H,21,22,23). The van der Waals surface area contributed by atoms with Gasteiger partial charge in [-0.05, 0) is 42.3 Å². The predicted molar refractivity (Wildman–Crippen MR) is 92.8 cm³/mol. The number of nitrogens with one attached hydrogen (secondary N) is 2. The molecule has 0 unspecified atom stereocenters. The second-order valence-electron chi connectivity index (χ2n) is 5.47. The SMILES string of the molecule is COc1ccc(-c2n[nH]c(CNC(=O)CCc3cccnc3)n2)cc1. The van der Waals surface area contributed by atoms with Gasteiger partial charge in [-0.25, -0.2) is 4.98 Å². The molecule has 0 aliphatic carbocycles. The predicted octanol–water partition coefficient (Wildman–Crippen LogP) is 2.12. The lowest BCUT2D eigenvalue weighted by Crippen LogP contribution is -2.23. The van der Waals surface area contributed by atoms with Gasteiger partial charge in [0, 0.05) is 24.4 Å². The molecule has 2 aromatic heterocycles. The summed E-state index contributed by atoms with van der Waals surface area (Å²) in [5, 5.41) is 9.86. The van der Waals surface area contributed by atoms with Crippen molar-refractivity contribution in [3.63, 3.8) is 0 Å². The molecule has 3 aromatic rings. The van der Waals surface area contributed by atoms with Crippen LogP contribution in [-0.4, -0.2) is 33.2 Å². The summed E-state index contributed by atoms with van der Waals surface area (Å²) in [6, 6.07) is 11.3. The van der Waals surface area contributed by atoms with Crippen LogP contribution in [0.25, 0.3) is 11.4 Å². The van der Waals surface area contributed by atoms with Crippen molar-refractivity contribution in [3.8, 4) is 17.1 Å². The summed E-state index contributed by atoms with van der Waals surface area (Å²) in [6.07, 6.45) is 4.55. The summed E-state index contributed by atoms with van der Waals surface area (Å²) in [5.41, 5.74) is 1.92. The average Bonchev–Trinajstić information content (AvgIpc) is 3.14. The summed E-state index contributed by atoms with van der Waals surface area (Å²) in [4.78, 5) is 20.4. The quantitative estimate of drug-likeness (QED) is 0.689. The minimum absolute atomic E-state index is 0.0359. The first kappa shape index (κ1) is 16.6. The third kappa shape index (κ3) is 4.63. The number of methoxy groups -OCH3 is 1. The normalized spacial score (nSPS) is 10.4. The molecule has 7 heteroatoms. The van der Waals surface area contributed by atoms with E-state index in [2.05, 4.69) is 25.5 Å². The molecule has 0 bridgehead atoms. The number of H-pyrrole nitrogens is 1. The van der Waals surface area contributed by atoms with Crippen LogP contribution in [0.2, 0.25) is 0 Å². The number of carbonyl (C=O) groups is 1. The largest absolute Gasteiger partial charge is 0.497 e. The van der Waals surface area contributed by atoms with E-state index in [4.69, 9.17) is 4.74 Å². The first-order valence-corrected chi connectivity index (χ1v) is 7.96. The van der Waals surface area contributed by atoms with Crippen molar-refractivity contribution < 1.29 is 9.53 Å². The summed E-state index contributed by atoms with van der Waals surface area (Å²) in [7, 11) is 1.62. The Bertz CT molecular complexity index is 815. The number of aromatic nitrogens is 4. The summed E-state index contributed by atoms with van der Waals surface area (Å²) in [6.45, 7) is 0.315. The van der Waals surface area contributed by atoms with Crippen LogP contribution in [0.1, 0.15) is 17.8 Å². The summed E-state index contributed by atoms with van der Waals surface area (Å²) >= 11 is 0. The van der Waals surface area contributed by atoms with Gasteiger partial charge in [-0.3, -0.25) is 14.9 Å². The molecule has 7 nitrogen and oxygen atoms in total. The maximum absolute atomic E-state index is 11.9. The van der Waals surface area contributed by atoms with Gasteiger partial charge in [-0.1, -0.05) is 6.07 Å². The smallest absolute Gasteiger partial charge is 0.220 e. The van der Waals surface area contributed by atoms with Crippen LogP contribution in [0.15, 0.2) is 48.8 Å². The Balaban J connectivity index is 1.50. The van der Waals surface area contributed by atoms with Crippen molar-refractivity contribution >= 4 is 5.91 Å². The summed E-state index contributed by atoms with van der Waals surface area (Å²) in [5.74, 6) is 1.94. The zero-order valence-electron chi connectivity index (χ0n) is 13.9. The van der Waals surface area contributed by atoms with Gasteiger partial charge in [0.1, 0.15) is 11.6 Å². The molecule has 1 aromatic carbocycles. The Hall–Kier alpha value is -3.22. The Labute approximate surface area is 145 Å². The van der Waals surface area contributed by atoms with Crippen LogP contribution >= 0.6 is 0 Å². The van der Waals surface area contributed by atoms with E-state index >= 15 is 0 Å². The molecule has 0 saturated heterocycles. The Kier molecular flexibility index (Phi) is 5.36. The fourth-order valence-corrected chi connectivity index (χ4v) is 2.32. The first-order chi connectivity index (χ1) is 12.2. The zero-order valence-corrected chi connectivity index (χ0v) is 13.9. The monoisotopic (exact) mass is 337 g/mol. The van der Waals surface area contributed by atoms with Crippen LogP contribution in [0.4, 0.5) is 0 Å². The van der Waals surface area contributed by atoms with Gasteiger partial charge in [0.05, 0.1) is 13.7 Å². The van der Waals surface area contributed by atoms with Crippen LogP contribution in [-0.2, 0) is 17.8 Å². The molecule has 2 heterocycles. The van der Waals surface area contributed by atoms with Gasteiger partial charge in [-0.15, -0.1) is 0 Å². The molecular weight excluding hydrogens is 318 g/mol. The number of nitrogens with zero attached hydrogens (tertiary/aromatic N) is 3. The fraction of sp³-hybridized carbons (Fsp3) is 0.222. The number of pyridine rings is 1. The minimum Gasteiger partial charge on any atom is -0.497 e. The van der Waals surface area contributed by atoms with E-state index in [1.807, 2.05) is 36.4 Å². The van der Waals surface area contributed by atoms with E-state index in [0.717, 1.165) is 16.9 Å². The number of hydrogen-bond acceptors (Lipinski definition) is 5. The molecule has 0 aliphatic rings. The van der Waals surface area contributed by atoms with Crippen molar-refractivity contribution in [2.75, 3.05) is 7.11 Å². The number of hydrogen-bond donors (Lipinski definition) is 2. The Morgan fingerprint density at radius 1 is 1.24 bits per heavy atom. The molecule has 0 saturated carbocycles. The molecular formula is C18H19N5O2. The number of aromatic amines is 1. The topological polar surface area (TPSA) is 92.8 Å². The molecule has 3 rings (SSSR count). The Morgan fingerprint density at radius 2 is 2.08 bits per heavy atom. The van der Waals surface area contributed by atoms with Gasteiger partial charge < -0.3 is 10.1 Å². The van der Waals surface area contributed by atoms with E-state index in [9.17, 15) is 4.79 Å². The average molecular weight is 337 g/mol. The van der Waals surface area contributed by atoms with E-state index in [1.165, 1.54) is 0 Å². The van der Waals surface area contributed by atoms with E-state index < -0.39 is 0 Å². The van der Waals surface area contributed by atoms with Gasteiger partial charge in [0.15, 0.2) is 5.82 Å². The van der Waals surface area contributed by atoms with Crippen molar-refractivity contribution in [3.05, 3.63) is 60.2 Å². The van der Waals surface area contributed by atoms with Crippen LogP contribution in [0, 0.1) is 0 Å². The third-order valence-electron chi connectivity index (χ3n) is 3.70.